The molecule has 0 spiro atoms. The molecule has 9 heteroatoms. The topological polar surface area (TPSA) is 109 Å². The highest BCUT2D eigenvalue weighted by molar-refractivity contribution is 6.05. The summed E-state index contributed by atoms with van der Waals surface area (Å²) in [5.41, 5.74) is 1.63. The van der Waals surface area contributed by atoms with Crippen molar-refractivity contribution in [1.82, 2.24) is 9.78 Å². The number of hydrogen-bond acceptors (Lipinski definition) is 6. The third kappa shape index (κ3) is 3.63. The predicted octanol–water partition coefficient (Wildman–Crippen LogP) is 2.86. The Balaban J connectivity index is 1.54. The van der Waals surface area contributed by atoms with Crippen molar-refractivity contribution in [2.24, 2.45) is 0 Å². The molecular weight excluding hydrogens is 364 g/mol. The van der Waals surface area contributed by atoms with E-state index in [9.17, 15) is 14.9 Å². The van der Waals surface area contributed by atoms with E-state index in [0.29, 0.717) is 41.5 Å². The third-order valence-electron chi connectivity index (χ3n) is 4.22. The molecular formula is C19H16N4O5. The molecule has 1 aromatic heterocycles. The van der Waals surface area contributed by atoms with Crippen LogP contribution in [0.5, 0.6) is 11.5 Å². The van der Waals surface area contributed by atoms with E-state index in [1.165, 1.54) is 17.1 Å². The summed E-state index contributed by atoms with van der Waals surface area (Å²) in [4.78, 5) is 23.1. The number of nitro groups is 1. The largest absolute Gasteiger partial charge is 0.486 e. The van der Waals surface area contributed by atoms with Crippen molar-refractivity contribution in [2.45, 2.75) is 6.54 Å². The average Bonchev–Trinajstić information content (AvgIpc) is 3.17. The van der Waals surface area contributed by atoms with Crippen LogP contribution in [0.3, 0.4) is 0 Å². The molecule has 3 aromatic rings. The van der Waals surface area contributed by atoms with Gasteiger partial charge < -0.3 is 14.8 Å². The number of fused-ring (bicyclic) bond motifs is 1. The predicted molar refractivity (Wildman–Crippen MR) is 99.8 cm³/mol. The van der Waals surface area contributed by atoms with Gasteiger partial charge in [-0.3, -0.25) is 19.6 Å². The second-order valence-electron chi connectivity index (χ2n) is 6.12. The number of benzene rings is 2. The summed E-state index contributed by atoms with van der Waals surface area (Å²) in [7, 11) is 0. The van der Waals surface area contributed by atoms with Gasteiger partial charge in [0, 0.05) is 17.3 Å². The standard InChI is InChI=1S/C19H16N4O5/c24-19(21-14-5-6-17-18(9-14)28-8-7-27-17)16-4-2-1-3-13(16)11-22-12-15(10-20-22)23(25)26/h1-6,9-10,12H,7-8,11H2,(H,21,24). The van der Waals surface area contributed by atoms with Crippen LogP contribution in [0.25, 0.3) is 0 Å². The fraction of sp³-hybridized carbons (Fsp3) is 0.158. The third-order valence-corrected chi connectivity index (χ3v) is 4.22. The van der Waals surface area contributed by atoms with E-state index in [0.717, 1.165) is 0 Å². The van der Waals surface area contributed by atoms with Crippen molar-refractivity contribution in [2.75, 3.05) is 18.5 Å². The minimum absolute atomic E-state index is 0.0989. The number of hydrogen-bond donors (Lipinski definition) is 1. The first kappa shape index (κ1) is 17.5. The van der Waals surface area contributed by atoms with E-state index in [2.05, 4.69) is 10.4 Å². The minimum Gasteiger partial charge on any atom is -0.486 e. The highest BCUT2D eigenvalue weighted by atomic mass is 16.6. The van der Waals surface area contributed by atoms with E-state index < -0.39 is 4.92 Å². The first-order valence-corrected chi connectivity index (χ1v) is 8.56. The molecule has 142 valence electrons. The number of ether oxygens (including phenoxy) is 2. The Hall–Kier alpha value is -3.88. The van der Waals surface area contributed by atoms with Crippen LogP contribution in [-0.2, 0) is 6.54 Å². The highest BCUT2D eigenvalue weighted by Gasteiger charge is 2.16. The Morgan fingerprint density at radius 3 is 2.75 bits per heavy atom. The molecule has 0 saturated heterocycles. The van der Waals surface area contributed by atoms with Crippen molar-refractivity contribution < 1.29 is 19.2 Å². The average molecular weight is 380 g/mol. The van der Waals surface area contributed by atoms with E-state index in [-0.39, 0.29) is 18.1 Å². The molecule has 0 bridgehead atoms. The lowest BCUT2D eigenvalue weighted by atomic mass is 10.1. The van der Waals surface area contributed by atoms with Crippen molar-refractivity contribution >= 4 is 17.3 Å². The Labute approximate surface area is 159 Å². The first-order chi connectivity index (χ1) is 13.6. The van der Waals surface area contributed by atoms with Crippen molar-refractivity contribution in [3.63, 3.8) is 0 Å². The van der Waals surface area contributed by atoms with Gasteiger partial charge in [0.05, 0.1) is 11.5 Å². The number of nitrogens with zero attached hydrogens (tertiary/aromatic N) is 3. The normalized spacial score (nSPS) is 12.4. The number of carbonyl (C=O) groups excluding carboxylic acids is 1. The summed E-state index contributed by atoms with van der Waals surface area (Å²) in [5.74, 6) is 0.931. The van der Waals surface area contributed by atoms with Crippen LogP contribution in [0.1, 0.15) is 15.9 Å². The monoisotopic (exact) mass is 380 g/mol. The lowest BCUT2D eigenvalue weighted by molar-refractivity contribution is -0.385. The second kappa shape index (κ2) is 7.39. The lowest BCUT2D eigenvalue weighted by Gasteiger charge is -2.19. The Kier molecular flexibility index (Phi) is 4.63. The van der Waals surface area contributed by atoms with Crippen molar-refractivity contribution in [3.05, 3.63) is 76.1 Å². The molecule has 0 saturated carbocycles. The van der Waals surface area contributed by atoms with Gasteiger partial charge in [0.15, 0.2) is 11.5 Å². The van der Waals surface area contributed by atoms with Gasteiger partial charge in [-0.15, -0.1) is 0 Å². The van der Waals surface area contributed by atoms with Gasteiger partial charge in [0.25, 0.3) is 5.91 Å². The Morgan fingerprint density at radius 2 is 1.96 bits per heavy atom. The number of aromatic nitrogens is 2. The van der Waals surface area contributed by atoms with Crippen molar-refractivity contribution in [3.8, 4) is 11.5 Å². The quantitative estimate of drug-likeness (QED) is 0.539. The summed E-state index contributed by atoms with van der Waals surface area (Å²) < 4.78 is 12.4. The van der Waals surface area contributed by atoms with Crippen LogP contribution in [0, 0.1) is 10.1 Å². The van der Waals surface area contributed by atoms with E-state index in [1.807, 2.05) is 0 Å². The van der Waals surface area contributed by atoms with Gasteiger partial charge >= 0.3 is 5.69 Å². The number of amides is 1. The van der Waals surface area contributed by atoms with E-state index >= 15 is 0 Å². The molecule has 1 N–H and O–H groups in total. The summed E-state index contributed by atoms with van der Waals surface area (Å²) in [6, 6.07) is 12.2. The maximum Gasteiger partial charge on any atom is 0.307 e. The maximum absolute atomic E-state index is 12.8. The number of carbonyl (C=O) groups is 1. The molecule has 2 aromatic carbocycles. The number of rotatable bonds is 5. The maximum atomic E-state index is 12.8. The number of nitrogens with one attached hydrogen (secondary N) is 1. The van der Waals surface area contributed by atoms with E-state index in [1.54, 1.807) is 42.5 Å². The molecule has 2 heterocycles. The molecule has 1 aliphatic heterocycles. The van der Waals surface area contributed by atoms with Crippen LogP contribution in [-0.4, -0.2) is 33.8 Å². The molecule has 0 atom stereocenters. The molecule has 0 fully saturated rings. The van der Waals surface area contributed by atoms with Gasteiger partial charge in [-0.1, -0.05) is 18.2 Å². The van der Waals surface area contributed by atoms with Gasteiger partial charge in [0.2, 0.25) is 0 Å². The Bertz CT molecular complexity index is 1050. The van der Waals surface area contributed by atoms with Crippen LogP contribution in [0.2, 0.25) is 0 Å². The fourth-order valence-electron chi connectivity index (χ4n) is 2.91. The smallest absolute Gasteiger partial charge is 0.307 e. The second-order valence-corrected chi connectivity index (χ2v) is 6.12. The lowest BCUT2D eigenvalue weighted by Crippen LogP contribution is -2.17. The zero-order valence-corrected chi connectivity index (χ0v) is 14.7. The first-order valence-electron chi connectivity index (χ1n) is 8.56. The summed E-state index contributed by atoms with van der Waals surface area (Å²) in [6.07, 6.45) is 2.51. The number of anilines is 1. The minimum atomic E-state index is -0.510. The van der Waals surface area contributed by atoms with Gasteiger partial charge in [-0.25, -0.2) is 0 Å². The van der Waals surface area contributed by atoms with Crippen LogP contribution in [0.15, 0.2) is 54.9 Å². The summed E-state index contributed by atoms with van der Waals surface area (Å²) in [5, 5.41) is 17.6. The van der Waals surface area contributed by atoms with Gasteiger partial charge in [-0.2, -0.15) is 5.10 Å². The van der Waals surface area contributed by atoms with E-state index in [4.69, 9.17) is 9.47 Å². The zero-order valence-electron chi connectivity index (χ0n) is 14.7. The molecule has 0 radical (unpaired) electrons. The Morgan fingerprint density at radius 1 is 1.18 bits per heavy atom. The summed E-state index contributed by atoms with van der Waals surface area (Å²) in [6.45, 7) is 1.19. The molecule has 9 nitrogen and oxygen atoms in total. The van der Waals surface area contributed by atoms with Gasteiger partial charge in [0.1, 0.15) is 25.6 Å². The van der Waals surface area contributed by atoms with Crippen LogP contribution < -0.4 is 14.8 Å². The fourth-order valence-corrected chi connectivity index (χ4v) is 2.91. The zero-order chi connectivity index (χ0) is 19.5. The molecule has 28 heavy (non-hydrogen) atoms. The molecule has 1 amide bonds. The molecule has 1 aliphatic rings. The molecule has 0 aliphatic carbocycles. The summed E-state index contributed by atoms with van der Waals surface area (Å²) >= 11 is 0. The van der Waals surface area contributed by atoms with Crippen molar-refractivity contribution in [1.29, 1.82) is 0 Å². The van der Waals surface area contributed by atoms with Crippen LogP contribution >= 0.6 is 0 Å². The highest BCUT2D eigenvalue weighted by Crippen LogP contribution is 2.32. The van der Waals surface area contributed by atoms with Crippen LogP contribution in [0.4, 0.5) is 11.4 Å². The molecule has 0 unspecified atom stereocenters. The van der Waals surface area contributed by atoms with Gasteiger partial charge in [-0.05, 0) is 23.8 Å². The SMILES string of the molecule is O=C(Nc1ccc2c(c1)OCCO2)c1ccccc1Cn1cc([N+](=O)[O-])cn1. The molecule has 4 rings (SSSR count).